The van der Waals surface area contributed by atoms with Crippen molar-refractivity contribution in [2.75, 3.05) is 0 Å². The van der Waals surface area contributed by atoms with Crippen molar-refractivity contribution >= 4 is 23.2 Å². The summed E-state index contributed by atoms with van der Waals surface area (Å²) in [7, 11) is 0. The molecule has 0 bridgehead atoms. The van der Waals surface area contributed by atoms with Crippen molar-refractivity contribution in [3.05, 3.63) is 46.1 Å². The lowest BCUT2D eigenvalue weighted by Gasteiger charge is -2.19. The molecule has 0 aliphatic heterocycles. The summed E-state index contributed by atoms with van der Waals surface area (Å²) >= 11 is 12.0. The van der Waals surface area contributed by atoms with Crippen LogP contribution in [0.3, 0.4) is 0 Å². The van der Waals surface area contributed by atoms with Crippen molar-refractivity contribution in [1.29, 1.82) is 0 Å². The van der Waals surface area contributed by atoms with E-state index in [1.165, 1.54) is 0 Å². The lowest BCUT2D eigenvalue weighted by Crippen LogP contribution is -2.34. The van der Waals surface area contributed by atoms with Crippen molar-refractivity contribution < 1.29 is 4.42 Å². The smallest absolute Gasteiger partial charge is 0.135 e. The van der Waals surface area contributed by atoms with E-state index in [4.69, 9.17) is 27.6 Å². The van der Waals surface area contributed by atoms with Crippen LogP contribution in [-0.4, -0.2) is 5.54 Å². The van der Waals surface area contributed by atoms with Gasteiger partial charge in [0.25, 0.3) is 0 Å². The molecule has 0 fully saturated rings. The van der Waals surface area contributed by atoms with E-state index in [0.717, 1.165) is 17.1 Å². The van der Waals surface area contributed by atoms with E-state index in [0.29, 0.717) is 16.6 Å². The predicted octanol–water partition coefficient (Wildman–Crippen LogP) is 5.14. The number of nitrogens with one attached hydrogen (secondary N) is 1. The van der Waals surface area contributed by atoms with Crippen molar-refractivity contribution in [3.63, 3.8) is 0 Å². The van der Waals surface area contributed by atoms with Crippen molar-refractivity contribution in [2.45, 2.75) is 32.9 Å². The molecule has 0 atom stereocenters. The van der Waals surface area contributed by atoms with Gasteiger partial charge in [0.2, 0.25) is 0 Å². The maximum absolute atomic E-state index is 6.16. The summed E-state index contributed by atoms with van der Waals surface area (Å²) < 4.78 is 5.80. The molecule has 2 aromatic rings. The second-order valence-corrected chi connectivity index (χ2v) is 6.34. The predicted molar refractivity (Wildman–Crippen MR) is 80.8 cm³/mol. The third kappa shape index (κ3) is 4.00. The Kier molecular flexibility index (Phi) is 4.24. The molecule has 2 rings (SSSR count). The number of hydrogen-bond donors (Lipinski definition) is 1. The number of rotatable bonds is 3. The molecule has 1 heterocycles. The summed E-state index contributed by atoms with van der Waals surface area (Å²) in [5.41, 5.74) is 0.915. The first kappa shape index (κ1) is 14.4. The van der Waals surface area contributed by atoms with Crippen LogP contribution < -0.4 is 5.32 Å². The van der Waals surface area contributed by atoms with Gasteiger partial charge < -0.3 is 9.73 Å². The van der Waals surface area contributed by atoms with Crippen LogP contribution in [0.2, 0.25) is 10.0 Å². The fourth-order valence-electron chi connectivity index (χ4n) is 1.66. The normalized spacial score (nSPS) is 11.8. The van der Waals surface area contributed by atoms with Gasteiger partial charge in [-0.05, 0) is 51.1 Å². The summed E-state index contributed by atoms with van der Waals surface area (Å²) in [5, 5.41) is 4.59. The lowest BCUT2D eigenvalue weighted by molar-refractivity contribution is 0.391. The SMILES string of the molecule is CC(C)(C)NCc1ccc(-c2ccc(Cl)cc2Cl)o1. The van der Waals surface area contributed by atoms with Gasteiger partial charge in [-0.3, -0.25) is 0 Å². The monoisotopic (exact) mass is 297 g/mol. The van der Waals surface area contributed by atoms with E-state index in [-0.39, 0.29) is 5.54 Å². The summed E-state index contributed by atoms with van der Waals surface area (Å²) in [6.45, 7) is 7.04. The average molecular weight is 298 g/mol. The first-order valence-electron chi connectivity index (χ1n) is 6.14. The molecule has 0 radical (unpaired) electrons. The highest BCUT2D eigenvalue weighted by molar-refractivity contribution is 6.36. The number of benzene rings is 1. The highest BCUT2D eigenvalue weighted by atomic mass is 35.5. The zero-order valence-electron chi connectivity index (χ0n) is 11.3. The largest absolute Gasteiger partial charge is 0.460 e. The summed E-state index contributed by atoms with van der Waals surface area (Å²) in [4.78, 5) is 0. The zero-order valence-corrected chi connectivity index (χ0v) is 12.8. The molecule has 0 saturated carbocycles. The van der Waals surface area contributed by atoms with Crippen LogP contribution >= 0.6 is 23.2 Å². The second-order valence-electron chi connectivity index (χ2n) is 5.49. The van der Waals surface area contributed by atoms with Crippen LogP contribution in [-0.2, 0) is 6.54 Å². The minimum absolute atomic E-state index is 0.0604. The third-order valence-electron chi connectivity index (χ3n) is 2.65. The Morgan fingerprint density at radius 1 is 1.11 bits per heavy atom. The quantitative estimate of drug-likeness (QED) is 0.848. The number of halogens is 2. The lowest BCUT2D eigenvalue weighted by atomic mass is 10.1. The first-order chi connectivity index (χ1) is 8.85. The second kappa shape index (κ2) is 5.58. The Bertz CT molecular complexity index is 570. The molecule has 19 heavy (non-hydrogen) atoms. The molecule has 0 unspecified atom stereocenters. The van der Waals surface area contributed by atoms with Gasteiger partial charge in [-0.2, -0.15) is 0 Å². The summed E-state index contributed by atoms with van der Waals surface area (Å²) in [6, 6.07) is 9.27. The van der Waals surface area contributed by atoms with Crippen LogP contribution in [0.4, 0.5) is 0 Å². The van der Waals surface area contributed by atoms with Crippen LogP contribution in [0, 0.1) is 0 Å². The van der Waals surface area contributed by atoms with Crippen molar-refractivity contribution in [2.24, 2.45) is 0 Å². The molecule has 1 N–H and O–H groups in total. The Morgan fingerprint density at radius 3 is 2.47 bits per heavy atom. The van der Waals surface area contributed by atoms with E-state index in [1.54, 1.807) is 12.1 Å². The van der Waals surface area contributed by atoms with Gasteiger partial charge in [0.15, 0.2) is 0 Å². The van der Waals surface area contributed by atoms with Crippen LogP contribution in [0.25, 0.3) is 11.3 Å². The molecule has 0 amide bonds. The molecule has 0 aliphatic rings. The van der Waals surface area contributed by atoms with E-state index in [2.05, 4.69) is 26.1 Å². The molecule has 2 nitrogen and oxygen atoms in total. The fraction of sp³-hybridized carbons (Fsp3) is 0.333. The molecule has 0 saturated heterocycles. The van der Waals surface area contributed by atoms with E-state index < -0.39 is 0 Å². The van der Waals surface area contributed by atoms with Crippen LogP contribution in [0.5, 0.6) is 0 Å². The topological polar surface area (TPSA) is 25.2 Å². The maximum Gasteiger partial charge on any atom is 0.135 e. The molecule has 1 aromatic heterocycles. The molecule has 0 spiro atoms. The van der Waals surface area contributed by atoms with Gasteiger partial charge >= 0.3 is 0 Å². The van der Waals surface area contributed by atoms with E-state index in [1.807, 2.05) is 18.2 Å². The molecule has 4 heteroatoms. The molecule has 102 valence electrons. The summed E-state index contributed by atoms with van der Waals surface area (Å²) in [5.74, 6) is 1.64. The fourth-order valence-corrected chi connectivity index (χ4v) is 2.16. The van der Waals surface area contributed by atoms with Crippen molar-refractivity contribution in [3.8, 4) is 11.3 Å². The number of hydrogen-bond acceptors (Lipinski definition) is 2. The molecule has 0 aliphatic carbocycles. The Morgan fingerprint density at radius 2 is 1.84 bits per heavy atom. The van der Waals surface area contributed by atoms with Gasteiger partial charge in [-0.1, -0.05) is 23.2 Å². The summed E-state index contributed by atoms with van der Waals surface area (Å²) in [6.07, 6.45) is 0. The average Bonchev–Trinajstić information content (AvgIpc) is 2.74. The highest BCUT2D eigenvalue weighted by Gasteiger charge is 2.12. The van der Waals surface area contributed by atoms with Crippen molar-refractivity contribution in [1.82, 2.24) is 5.32 Å². The Balaban J connectivity index is 2.16. The van der Waals surface area contributed by atoms with Crippen LogP contribution in [0.15, 0.2) is 34.7 Å². The van der Waals surface area contributed by atoms with Gasteiger partial charge in [-0.25, -0.2) is 0 Å². The highest BCUT2D eigenvalue weighted by Crippen LogP contribution is 2.31. The molecule has 1 aromatic carbocycles. The zero-order chi connectivity index (χ0) is 14.0. The third-order valence-corrected chi connectivity index (χ3v) is 3.20. The molecular formula is C15H17Cl2NO. The standard InChI is InChI=1S/C15H17Cl2NO/c1-15(2,3)18-9-11-5-7-14(19-11)12-6-4-10(16)8-13(12)17/h4-8,18H,9H2,1-3H3. The Labute approximate surface area is 123 Å². The van der Waals surface area contributed by atoms with Gasteiger partial charge in [-0.15, -0.1) is 0 Å². The van der Waals surface area contributed by atoms with Crippen LogP contribution in [0.1, 0.15) is 26.5 Å². The van der Waals surface area contributed by atoms with E-state index >= 15 is 0 Å². The van der Waals surface area contributed by atoms with Gasteiger partial charge in [0, 0.05) is 16.1 Å². The maximum atomic E-state index is 6.16. The van der Waals surface area contributed by atoms with E-state index in [9.17, 15) is 0 Å². The number of furan rings is 1. The minimum atomic E-state index is 0.0604. The first-order valence-corrected chi connectivity index (χ1v) is 6.90. The minimum Gasteiger partial charge on any atom is -0.460 e. The molecular weight excluding hydrogens is 281 g/mol. The Hall–Kier alpha value is -0.960. The van der Waals surface area contributed by atoms with Gasteiger partial charge in [0.05, 0.1) is 11.6 Å². The van der Waals surface area contributed by atoms with Gasteiger partial charge in [0.1, 0.15) is 11.5 Å².